The Balaban J connectivity index is 2.51. The molecule has 1 fully saturated rings. The summed E-state index contributed by atoms with van der Waals surface area (Å²) in [6.07, 6.45) is 6.56. The predicted molar refractivity (Wildman–Crippen MR) is 93.8 cm³/mol. The highest BCUT2D eigenvalue weighted by Gasteiger charge is 2.37. The first-order valence-electron chi connectivity index (χ1n) is 9.56. The molecular formula is C19H38O4. The second-order valence-electron chi connectivity index (χ2n) is 6.91. The SMILES string of the molecule is CCC(O)COC(CC)(CC)CCOC(CC)(CC)CC1CO1. The van der Waals surface area contributed by atoms with Crippen LogP contribution < -0.4 is 0 Å². The van der Waals surface area contributed by atoms with Gasteiger partial charge in [0.1, 0.15) is 0 Å². The van der Waals surface area contributed by atoms with Gasteiger partial charge in [-0.05, 0) is 38.5 Å². The maximum Gasteiger partial charge on any atom is 0.0837 e. The van der Waals surface area contributed by atoms with Crippen LogP contribution in [0.4, 0.5) is 0 Å². The van der Waals surface area contributed by atoms with Crippen LogP contribution in [0.5, 0.6) is 0 Å². The molecule has 1 saturated heterocycles. The van der Waals surface area contributed by atoms with Crippen molar-refractivity contribution in [1.29, 1.82) is 0 Å². The standard InChI is InChI=1S/C19H38O4/c1-6-16(20)14-23-18(7-2,8-3)11-12-22-19(9-4,10-5)13-17-15-21-17/h16-17,20H,6-15H2,1-5H3. The molecule has 1 rings (SSSR count). The molecule has 2 unspecified atom stereocenters. The van der Waals surface area contributed by atoms with Gasteiger partial charge in [-0.15, -0.1) is 0 Å². The quantitative estimate of drug-likeness (QED) is 0.487. The van der Waals surface area contributed by atoms with E-state index in [1.807, 2.05) is 6.92 Å². The predicted octanol–water partition coefficient (Wildman–Crippen LogP) is 4.09. The van der Waals surface area contributed by atoms with Crippen molar-refractivity contribution in [2.45, 2.75) is 103 Å². The van der Waals surface area contributed by atoms with Gasteiger partial charge in [-0.2, -0.15) is 0 Å². The smallest absolute Gasteiger partial charge is 0.0837 e. The molecule has 23 heavy (non-hydrogen) atoms. The first-order valence-corrected chi connectivity index (χ1v) is 9.56. The summed E-state index contributed by atoms with van der Waals surface area (Å²) in [5.74, 6) is 0. The molecule has 1 N–H and O–H groups in total. The number of epoxide rings is 1. The topological polar surface area (TPSA) is 51.2 Å². The molecule has 0 aromatic heterocycles. The molecule has 1 aliphatic rings. The minimum absolute atomic E-state index is 0.0582. The van der Waals surface area contributed by atoms with E-state index in [0.717, 1.165) is 51.6 Å². The van der Waals surface area contributed by atoms with Crippen LogP contribution in [0.3, 0.4) is 0 Å². The van der Waals surface area contributed by atoms with Gasteiger partial charge in [-0.3, -0.25) is 0 Å². The average molecular weight is 331 g/mol. The van der Waals surface area contributed by atoms with E-state index in [4.69, 9.17) is 14.2 Å². The van der Waals surface area contributed by atoms with Gasteiger partial charge in [-0.1, -0.05) is 34.6 Å². The van der Waals surface area contributed by atoms with E-state index >= 15 is 0 Å². The Kier molecular flexibility index (Phi) is 9.06. The molecular weight excluding hydrogens is 292 g/mol. The van der Waals surface area contributed by atoms with Crippen LogP contribution >= 0.6 is 0 Å². The third-order valence-electron chi connectivity index (χ3n) is 5.60. The summed E-state index contributed by atoms with van der Waals surface area (Å²) in [4.78, 5) is 0. The maximum atomic E-state index is 9.78. The van der Waals surface area contributed by atoms with Crippen molar-refractivity contribution in [2.75, 3.05) is 19.8 Å². The van der Waals surface area contributed by atoms with Crippen molar-refractivity contribution in [3.05, 3.63) is 0 Å². The van der Waals surface area contributed by atoms with Crippen LogP contribution in [-0.4, -0.2) is 48.3 Å². The summed E-state index contributed by atoms with van der Waals surface area (Å²) >= 11 is 0. The lowest BCUT2D eigenvalue weighted by Gasteiger charge is -2.36. The highest BCUT2D eigenvalue weighted by molar-refractivity contribution is 4.87. The average Bonchev–Trinajstić information content (AvgIpc) is 3.40. The van der Waals surface area contributed by atoms with Gasteiger partial charge < -0.3 is 19.3 Å². The number of hydrogen-bond donors (Lipinski definition) is 1. The second-order valence-corrected chi connectivity index (χ2v) is 6.91. The molecule has 0 amide bonds. The molecule has 0 spiro atoms. The molecule has 1 heterocycles. The molecule has 0 aromatic carbocycles. The monoisotopic (exact) mass is 330 g/mol. The number of aliphatic hydroxyl groups excluding tert-OH is 1. The zero-order valence-corrected chi connectivity index (χ0v) is 15.9. The van der Waals surface area contributed by atoms with Gasteiger partial charge >= 0.3 is 0 Å². The Labute approximate surface area is 142 Å². The Hall–Kier alpha value is -0.160. The molecule has 138 valence electrons. The summed E-state index contributed by atoms with van der Waals surface area (Å²) in [5, 5.41) is 9.78. The minimum atomic E-state index is -0.370. The third-order valence-corrected chi connectivity index (χ3v) is 5.60. The van der Waals surface area contributed by atoms with E-state index in [0.29, 0.717) is 19.3 Å². The Morgan fingerprint density at radius 2 is 1.57 bits per heavy atom. The van der Waals surface area contributed by atoms with E-state index in [1.165, 1.54) is 0 Å². The fraction of sp³-hybridized carbons (Fsp3) is 1.00. The third kappa shape index (κ3) is 6.69. The zero-order valence-electron chi connectivity index (χ0n) is 15.9. The minimum Gasteiger partial charge on any atom is -0.391 e. The Morgan fingerprint density at radius 3 is 2.00 bits per heavy atom. The molecule has 0 aliphatic carbocycles. The molecule has 2 atom stereocenters. The molecule has 4 heteroatoms. The van der Waals surface area contributed by atoms with E-state index in [9.17, 15) is 5.11 Å². The molecule has 0 aromatic rings. The summed E-state index contributed by atoms with van der Waals surface area (Å²) in [7, 11) is 0. The van der Waals surface area contributed by atoms with Crippen molar-refractivity contribution < 1.29 is 19.3 Å². The van der Waals surface area contributed by atoms with Crippen LogP contribution in [0.25, 0.3) is 0 Å². The molecule has 0 radical (unpaired) electrons. The lowest BCUT2D eigenvalue weighted by Crippen LogP contribution is -2.39. The highest BCUT2D eigenvalue weighted by Crippen LogP contribution is 2.33. The van der Waals surface area contributed by atoms with Gasteiger partial charge in [0.2, 0.25) is 0 Å². The van der Waals surface area contributed by atoms with Crippen molar-refractivity contribution in [3.63, 3.8) is 0 Å². The normalized spacial score (nSPS) is 19.8. The second kappa shape index (κ2) is 9.97. The maximum absolute atomic E-state index is 9.78. The van der Waals surface area contributed by atoms with E-state index in [-0.39, 0.29) is 17.3 Å². The first-order chi connectivity index (χ1) is 11.0. The van der Waals surface area contributed by atoms with E-state index in [1.54, 1.807) is 0 Å². The van der Waals surface area contributed by atoms with E-state index < -0.39 is 0 Å². The van der Waals surface area contributed by atoms with Crippen LogP contribution in [0.1, 0.15) is 79.6 Å². The van der Waals surface area contributed by atoms with Crippen LogP contribution in [0, 0.1) is 0 Å². The number of aliphatic hydroxyl groups is 1. The van der Waals surface area contributed by atoms with Crippen molar-refractivity contribution in [1.82, 2.24) is 0 Å². The fourth-order valence-electron chi connectivity index (χ4n) is 3.13. The lowest BCUT2D eigenvalue weighted by molar-refractivity contribution is -0.121. The van der Waals surface area contributed by atoms with Gasteiger partial charge in [0.25, 0.3) is 0 Å². The van der Waals surface area contributed by atoms with Gasteiger partial charge in [0.05, 0.1) is 43.2 Å². The number of hydrogen-bond acceptors (Lipinski definition) is 4. The summed E-state index contributed by atoms with van der Waals surface area (Å²) in [6.45, 7) is 12.7. The number of ether oxygens (including phenoxy) is 3. The van der Waals surface area contributed by atoms with Crippen molar-refractivity contribution in [3.8, 4) is 0 Å². The Bertz CT molecular complexity index is 306. The van der Waals surface area contributed by atoms with Gasteiger partial charge in [0.15, 0.2) is 0 Å². The van der Waals surface area contributed by atoms with Gasteiger partial charge in [-0.25, -0.2) is 0 Å². The molecule has 4 nitrogen and oxygen atoms in total. The van der Waals surface area contributed by atoms with Crippen LogP contribution in [-0.2, 0) is 14.2 Å². The highest BCUT2D eigenvalue weighted by atomic mass is 16.6. The lowest BCUT2D eigenvalue weighted by atomic mass is 9.90. The van der Waals surface area contributed by atoms with Gasteiger partial charge in [0, 0.05) is 6.42 Å². The van der Waals surface area contributed by atoms with Crippen molar-refractivity contribution >= 4 is 0 Å². The first kappa shape index (κ1) is 20.9. The van der Waals surface area contributed by atoms with Crippen LogP contribution in [0.2, 0.25) is 0 Å². The fourth-order valence-corrected chi connectivity index (χ4v) is 3.13. The molecule has 1 aliphatic heterocycles. The molecule has 0 saturated carbocycles. The number of rotatable bonds is 14. The summed E-state index contributed by atoms with van der Waals surface area (Å²) < 4.78 is 17.9. The Morgan fingerprint density at radius 1 is 1.00 bits per heavy atom. The zero-order chi connectivity index (χ0) is 17.3. The summed E-state index contributed by atoms with van der Waals surface area (Å²) in [5.41, 5.74) is -0.239. The summed E-state index contributed by atoms with van der Waals surface area (Å²) in [6, 6.07) is 0. The molecule has 0 bridgehead atoms. The van der Waals surface area contributed by atoms with Crippen LogP contribution in [0.15, 0.2) is 0 Å². The largest absolute Gasteiger partial charge is 0.391 e. The van der Waals surface area contributed by atoms with Crippen molar-refractivity contribution in [2.24, 2.45) is 0 Å². The van der Waals surface area contributed by atoms with E-state index in [2.05, 4.69) is 27.7 Å².